The minimum absolute atomic E-state index is 0.0554. The summed E-state index contributed by atoms with van der Waals surface area (Å²) in [6.07, 6.45) is 5.44. The number of aryl methyl sites for hydroxylation is 1. The first kappa shape index (κ1) is 21.1. The molecule has 5 heteroatoms. The van der Waals surface area contributed by atoms with Gasteiger partial charge in [0.25, 0.3) is 5.91 Å². The molecule has 3 aromatic carbocycles. The number of fused-ring (bicyclic) bond motifs is 1. The summed E-state index contributed by atoms with van der Waals surface area (Å²) >= 11 is 0. The van der Waals surface area contributed by atoms with Crippen LogP contribution in [0, 0.1) is 6.92 Å². The lowest BCUT2D eigenvalue weighted by Gasteiger charge is -2.19. The van der Waals surface area contributed by atoms with E-state index >= 15 is 0 Å². The summed E-state index contributed by atoms with van der Waals surface area (Å²) in [5, 5.41) is 14.9. The molecule has 5 nitrogen and oxygen atoms in total. The zero-order valence-corrected chi connectivity index (χ0v) is 17.9. The van der Waals surface area contributed by atoms with Gasteiger partial charge in [-0.2, -0.15) is 0 Å². The molecule has 2 N–H and O–H groups in total. The molecule has 1 atom stereocenters. The SMILES string of the molecule is COc1cccc(C(=O)NC(/C=C/c2ccccc2)c2cc(C)c3cccnc3c2O)c1. The Balaban J connectivity index is 1.76. The smallest absolute Gasteiger partial charge is 0.252 e. The summed E-state index contributed by atoms with van der Waals surface area (Å²) in [5.74, 6) is 0.382. The van der Waals surface area contributed by atoms with Crippen molar-refractivity contribution in [3.05, 3.63) is 107 Å². The number of carbonyl (C=O) groups excluding carboxylic acids is 1. The maximum atomic E-state index is 13.1. The number of rotatable bonds is 6. The third-order valence-corrected chi connectivity index (χ3v) is 5.34. The molecule has 1 unspecified atom stereocenters. The second-order valence-electron chi connectivity index (χ2n) is 7.48. The van der Waals surface area contributed by atoms with E-state index in [4.69, 9.17) is 4.74 Å². The van der Waals surface area contributed by atoms with Crippen molar-refractivity contribution < 1.29 is 14.6 Å². The molecule has 1 aromatic heterocycles. The van der Waals surface area contributed by atoms with Crippen LogP contribution in [-0.2, 0) is 0 Å². The minimum Gasteiger partial charge on any atom is -0.505 e. The molecular weight excluding hydrogens is 400 g/mol. The lowest BCUT2D eigenvalue weighted by Crippen LogP contribution is -2.27. The molecule has 160 valence electrons. The van der Waals surface area contributed by atoms with Gasteiger partial charge in [0.05, 0.1) is 13.2 Å². The summed E-state index contributed by atoms with van der Waals surface area (Å²) in [5.41, 5.74) is 3.52. The Hall–Kier alpha value is -4.12. The molecule has 0 aliphatic carbocycles. The van der Waals surface area contributed by atoms with E-state index in [1.54, 1.807) is 37.6 Å². The average Bonchev–Trinajstić information content (AvgIpc) is 2.84. The molecule has 0 spiro atoms. The van der Waals surface area contributed by atoms with Crippen LogP contribution in [0.25, 0.3) is 17.0 Å². The number of methoxy groups -OCH3 is 1. The maximum Gasteiger partial charge on any atom is 0.252 e. The van der Waals surface area contributed by atoms with E-state index in [1.165, 1.54) is 0 Å². The van der Waals surface area contributed by atoms with Gasteiger partial charge in [-0.15, -0.1) is 0 Å². The normalized spacial score (nSPS) is 12.1. The van der Waals surface area contributed by atoms with Gasteiger partial charge in [0.1, 0.15) is 17.0 Å². The number of carbonyl (C=O) groups is 1. The van der Waals surface area contributed by atoms with Crippen molar-refractivity contribution in [3.63, 3.8) is 0 Å². The third-order valence-electron chi connectivity index (χ3n) is 5.34. The van der Waals surface area contributed by atoms with Crippen molar-refractivity contribution in [2.24, 2.45) is 0 Å². The highest BCUT2D eigenvalue weighted by molar-refractivity contribution is 5.95. The van der Waals surface area contributed by atoms with Crippen LogP contribution >= 0.6 is 0 Å². The van der Waals surface area contributed by atoms with Gasteiger partial charge >= 0.3 is 0 Å². The number of hydrogen-bond acceptors (Lipinski definition) is 4. The predicted molar refractivity (Wildman–Crippen MR) is 127 cm³/mol. The molecule has 4 aromatic rings. The number of phenols is 1. The number of nitrogens with one attached hydrogen (secondary N) is 1. The molecular formula is C27H24N2O3. The van der Waals surface area contributed by atoms with Crippen LogP contribution in [0.15, 0.2) is 85.1 Å². The Morgan fingerprint density at radius 3 is 2.66 bits per heavy atom. The summed E-state index contributed by atoms with van der Waals surface area (Å²) in [4.78, 5) is 17.4. The Labute approximate surface area is 187 Å². The fourth-order valence-electron chi connectivity index (χ4n) is 3.66. The summed E-state index contributed by atoms with van der Waals surface area (Å²) < 4.78 is 5.24. The van der Waals surface area contributed by atoms with Crippen LogP contribution in [-0.4, -0.2) is 23.1 Å². The number of aromatic hydroxyl groups is 1. The van der Waals surface area contributed by atoms with Crippen molar-refractivity contribution >= 4 is 22.9 Å². The topological polar surface area (TPSA) is 71.5 Å². The van der Waals surface area contributed by atoms with Gasteiger partial charge < -0.3 is 15.2 Å². The van der Waals surface area contributed by atoms with Crippen molar-refractivity contribution in [3.8, 4) is 11.5 Å². The molecule has 0 saturated heterocycles. The molecule has 4 rings (SSSR count). The Morgan fingerprint density at radius 2 is 1.88 bits per heavy atom. The Kier molecular flexibility index (Phi) is 6.17. The largest absolute Gasteiger partial charge is 0.505 e. The van der Waals surface area contributed by atoms with E-state index < -0.39 is 6.04 Å². The first-order valence-corrected chi connectivity index (χ1v) is 10.3. The minimum atomic E-state index is -0.570. The fraction of sp³-hybridized carbons (Fsp3) is 0.111. The van der Waals surface area contributed by atoms with E-state index in [0.717, 1.165) is 16.5 Å². The van der Waals surface area contributed by atoms with E-state index in [2.05, 4.69) is 10.3 Å². The second kappa shape index (κ2) is 9.35. The number of benzene rings is 3. The van der Waals surface area contributed by atoms with Gasteiger partial charge in [0, 0.05) is 22.7 Å². The van der Waals surface area contributed by atoms with Crippen LogP contribution < -0.4 is 10.1 Å². The number of nitrogens with zero attached hydrogens (tertiary/aromatic N) is 1. The molecule has 0 fully saturated rings. The first-order chi connectivity index (χ1) is 15.6. The zero-order chi connectivity index (χ0) is 22.5. The monoisotopic (exact) mass is 424 g/mol. The van der Waals surface area contributed by atoms with E-state index in [-0.39, 0.29) is 11.7 Å². The lowest BCUT2D eigenvalue weighted by molar-refractivity contribution is 0.0943. The quantitative estimate of drug-likeness (QED) is 0.432. The van der Waals surface area contributed by atoms with E-state index in [9.17, 15) is 9.90 Å². The van der Waals surface area contributed by atoms with Crippen LogP contribution in [0.4, 0.5) is 0 Å². The molecule has 0 bridgehead atoms. The number of hydrogen-bond donors (Lipinski definition) is 2. The van der Waals surface area contributed by atoms with Crippen LogP contribution in [0.1, 0.15) is 33.1 Å². The molecule has 1 heterocycles. The van der Waals surface area contributed by atoms with E-state index in [1.807, 2.05) is 67.6 Å². The summed E-state index contributed by atoms with van der Waals surface area (Å²) in [6.45, 7) is 1.97. The van der Waals surface area contributed by atoms with Gasteiger partial charge in [0.15, 0.2) is 0 Å². The molecule has 1 amide bonds. The predicted octanol–water partition coefficient (Wildman–Crippen LogP) is 5.44. The zero-order valence-electron chi connectivity index (χ0n) is 17.9. The molecule has 0 saturated carbocycles. The van der Waals surface area contributed by atoms with Crippen LogP contribution in [0.5, 0.6) is 11.5 Å². The number of pyridine rings is 1. The van der Waals surface area contributed by atoms with Gasteiger partial charge in [0.2, 0.25) is 0 Å². The van der Waals surface area contributed by atoms with Gasteiger partial charge in [-0.25, -0.2) is 0 Å². The average molecular weight is 425 g/mol. The lowest BCUT2D eigenvalue weighted by atomic mass is 9.97. The van der Waals surface area contributed by atoms with Gasteiger partial charge in [-0.05, 0) is 48.4 Å². The van der Waals surface area contributed by atoms with Crippen molar-refractivity contribution in [1.82, 2.24) is 10.3 Å². The number of amides is 1. The number of ether oxygens (including phenoxy) is 1. The van der Waals surface area contributed by atoms with Crippen molar-refractivity contribution in [2.45, 2.75) is 13.0 Å². The highest BCUT2D eigenvalue weighted by atomic mass is 16.5. The number of phenolic OH excluding ortho intramolecular Hbond substituents is 1. The molecule has 32 heavy (non-hydrogen) atoms. The molecule has 0 radical (unpaired) electrons. The van der Waals surface area contributed by atoms with Crippen LogP contribution in [0.3, 0.4) is 0 Å². The van der Waals surface area contributed by atoms with Gasteiger partial charge in [-0.3, -0.25) is 9.78 Å². The third kappa shape index (κ3) is 4.47. The molecule has 0 aliphatic rings. The number of aromatic nitrogens is 1. The van der Waals surface area contributed by atoms with Crippen molar-refractivity contribution in [1.29, 1.82) is 0 Å². The summed E-state index contributed by atoms with van der Waals surface area (Å²) in [6, 6.07) is 21.8. The first-order valence-electron chi connectivity index (χ1n) is 10.3. The highest BCUT2D eigenvalue weighted by Crippen LogP contribution is 2.34. The van der Waals surface area contributed by atoms with Gasteiger partial charge in [-0.1, -0.05) is 54.6 Å². The Bertz CT molecular complexity index is 1280. The second-order valence-corrected chi connectivity index (χ2v) is 7.48. The van der Waals surface area contributed by atoms with Crippen LogP contribution in [0.2, 0.25) is 0 Å². The Morgan fingerprint density at radius 1 is 1.06 bits per heavy atom. The summed E-state index contributed by atoms with van der Waals surface area (Å²) in [7, 11) is 1.56. The fourth-order valence-corrected chi connectivity index (χ4v) is 3.66. The highest BCUT2D eigenvalue weighted by Gasteiger charge is 2.20. The molecule has 0 aliphatic heterocycles. The standard InChI is InChI=1S/C27H24N2O3/c1-18-16-23(26(30)25-22(18)12-7-15-28-25)24(14-13-19-8-4-3-5-9-19)29-27(31)20-10-6-11-21(17-20)32-2/h3-17,24,30H,1-2H3,(H,29,31)/b14-13+. The van der Waals surface area contributed by atoms with E-state index in [0.29, 0.717) is 22.4 Å². The van der Waals surface area contributed by atoms with Crippen molar-refractivity contribution in [2.75, 3.05) is 7.11 Å². The maximum absolute atomic E-state index is 13.1.